The molecule has 2 rings (SSSR count). The number of aryl methyl sites for hydroxylation is 3. The summed E-state index contributed by atoms with van der Waals surface area (Å²) in [6.07, 6.45) is 0.614. The van der Waals surface area contributed by atoms with Crippen LogP contribution < -0.4 is 10.1 Å². The van der Waals surface area contributed by atoms with Crippen molar-refractivity contribution in [2.45, 2.75) is 40.4 Å². The van der Waals surface area contributed by atoms with Crippen LogP contribution in [0.4, 0.5) is 4.39 Å². The van der Waals surface area contributed by atoms with Gasteiger partial charge in [-0.25, -0.2) is 4.39 Å². The van der Waals surface area contributed by atoms with Crippen LogP contribution in [-0.2, 0) is 6.54 Å². The van der Waals surface area contributed by atoms with E-state index in [4.69, 9.17) is 4.74 Å². The minimum atomic E-state index is -1.01. The van der Waals surface area contributed by atoms with Gasteiger partial charge in [0.05, 0.1) is 0 Å². The number of amides is 1. The van der Waals surface area contributed by atoms with Crippen molar-refractivity contribution in [3.63, 3.8) is 0 Å². The van der Waals surface area contributed by atoms with Crippen LogP contribution in [0.1, 0.15) is 39.7 Å². The first-order valence-corrected chi connectivity index (χ1v) is 7.94. The Bertz CT molecular complexity index is 706. The molecule has 0 saturated heterocycles. The maximum Gasteiger partial charge on any atom is 0.251 e. The standard InChI is InChI=1S/C19H23FN2O2/c1-12-7-16(8-13(2)18(12)24-11-14(3)20)10-22-19(23)17-5-6-21-15(4)9-17/h5-9,14H,10-11H2,1-4H3,(H,22,23)/t14-/m1/s1. The quantitative estimate of drug-likeness (QED) is 0.879. The van der Waals surface area contributed by atoms with E-state index in [1.54, 1.807) is 18.3 Å². The summed E-state index contributed by atoms with van der Waals surface area (Å²) in [5.41, 5.74) is 4.23. The Morgan fingerprint density at radius 1 is 1.25 bits per heavy atom. The molecular formula is C19H23FN2O2. The maximum absolute atomic E-state index is 13.0. The van der Waals surface area contributed by atoms with Gasteiger partial charge in [0.2, 0.25) is 0 Å². The lowest BCUT2D eigenvalue weighted by molar-refractivity contribution is 0.0950. The summed E-state index contributed by atoms with van der Waals surface area (Å²) in [6, 6.07) is 7.33. The summed E-state index contributed by atoms with van der Waals surface area (Å²) in [5, 5.41) is 2.90. The van der Waals surface area contributed by atoms with Gasteiger partial charge in [0.25, 0.3) is 5.91 Å². The van der Waals surface area contributed by atoms with E-state index < -0.39 is 6.17 Å². The number of carbonyl (C=O) groups excluding carboxylic acids is 1. The molecule has 1 aromatic heterocycles. The normalized spacial score (nSPS) is 11.9. The van der Waals surface area contributed by atoms with Crippen molar-refractivity contribution in [3.8, 4) is 5.75 Å². The molecule has 5 heteroatoms. The van der Waals surface area contributed by atoms with Gasteiger partial charge in [0, 0.05) is 24.0 Å². The first-order chi connectivity index (χ1) is 11.4. The fourth-order valence-electron chi connectivity index (χ4n) is 2.54. The zero-order valence-electron chi connectivity index (χ0n) is 14.5. The molecule has 0 fully saturated rings. The second-order valence-corrected chi connectivity index (χ2v) is 6.02. The van der Waals surface area contributed by atoms with E-state index in [0.29, 0.717) is 17.9 Å². The molecule has 1 N–H and O–H groups in total. The molecule has 4 nitrogen and oxygen atoms in total. The molecule has 1 amide bonds. The van der Waals surface area contributed by atoms with E-state index in [0.717, 1.165) is 22.4 Å². The van der Waals surface area contributed by atoms with Gasteiger partial charge in [0.1, 0.15) is 18.5 Å². The van der Waals surface area contributed by atoms with Crippen LogP contribution in [0.2, 0.25) is 0 Å². The second kappa shape index (κ2) is 7.90. The zero-order chi connectivity index (χ0) is 17.7. The fraction of sp³-hybridized carbons (Fsp3) is 0.368. The molecule has 1 atom stereocenters. The van der Waals surface area contributed by atoms with Crippen LogP contribution in [-0.4, -0.2) is 23.7 Å². The van der Waals surface area contributed by atoms with Crippen LogP contribution in [0.3, 0.4) is 0 Å². The smallest absolute Gasteiger partial charge is 0.251 e. The molecule has 0 radical (unpaired) electrons. The Hall–Kier alpha value is -2.43. The zero-order valence-corrected chi connectivity index (χ0v) is 14.5. The predicted molar refractivity (Wildman–Crippen MR) is 92.1 cm³/mol. The highest BCUT2D eigenvalue weighted by atomic mass is 19.1. The summed E-state index contributed by atoms with van der Waals surface area (Å²) < 4.78 is 18.5. The SMILES string of the molecule is Cc1cc(C(=O)NCc2cc(C)c(OC[C@@H](C)F)c(C)c2)ccn1. The van der Waals surface area contributed by atoms with Gasteiger partial charge < -0.3 is 10.1 Å². The third-order valence-corrected chi connectivity index (χ3v) is 3.59. The molecule has 0 bridgehead atoms. The Kier molecular flexibility index (Phi) is 5.90. The number of carbonyl (C=O) groups is 1. The first kappa shape index (κ1) is 17.9. The number of hydrogen-bond acceptors (Lipinski definition) is 3. The molecule has 2 aromatic rings. The first-order valence-electron chi connectivity index (χ1n) is 7.94. The number of nitrogens with one attached hydrogen (secondary N) is 1. The van der Waals surface area contributed by atoms with Crippen LogP contribution >= 0.6 is 0 Å². The van der Waals surface area contributed by atoms with Crippen molar-refractivity contribution >= 4 is 5.91 Å². The number of alkyl halides is 1. The predicted octanol–water partition coefficient (Wildman–Crippen LogP) is 3.67. The maximum atomic E-state index is 13.0. The average Bonchev–Trinajstić information content (AvgIpc) is 2.51. The van der Waals surface area contributed by atoms with Gasteiger partial charge in [0.15, 0.2) is 0 Å². The van der Waals surface area contributed by atoms with Crippen molar-refractivity contribution in [2.75, 3.05) is 6.61 Å². The lowest BCUT2D eigenvalue weighted by Gasteiger charge is -2.15. The Morgan fingerprint density at radius 2 is 1.92 bits per heavy atom. The summed E-state index contributed by atoms with van der Waals surface area (Å²) in [7, 11) is 0. The Labute approximate surface area is 142 Å². The molecule has 0 aliphatic rings. The van der Waals surface area contributed by atoms with Gasteiger partial charge in [-0.05, 0) is 56.5 Å². The van der Waals surface area contributed by atoms with Crippen molar-refractivity contribution in [3.05, 3.63) is 58.4 Å². The van der Waals surface area contributed by atoms with E-state index in [2.05, 4.69) is 10.3 Å². The highest BCUT2D eigenvalue weighted by Crippen LogP contribution is 2.25. The number of halogens is 1. The number of rotatable bonds is 6. The Morgan fingerprint density at radius 3 is 2.50 bits per heavy atom. The molecule has 0 saturated carbocycles. The molecule has 0 unspecified atom stereocenters. The van der Waals surface area contributed by atoms with Crippen LogP contribution in [0.5, 0.6) is 5.75 Å². The molecule has 0 spiro atoms. The lowest BCUT2D eigenvalue weighted by atomic mass is 10.1. The van der Waals surface area contributed by atoms with Gasteiger partial charge in [-0.1, -0.05) is 12.1 Å². The van der Waals surface area contributed by atoms with Gasteiger partial charge in [-0.3, -0.25) is 9.78 Å². The fourth-order valence-corrected chi connectivity index (χ4v) is 2.54. The average molecular weight is 330 g/mol. The van der Waals surface area contributed by atoms with E-state index in [1.807, 2.05) is 32.9 Å². The number of aromatic nitrogens is 1. The van der Waals surface area contributed by atoms with E-state index in [1.165, 1.54) is 6.92 Å². The number of hydrogen-bond donors (Lipinski definition) is 1. The van der Waals surface area contributed by atoms with Crippen LogP contribution in [0.25, 0.3) is 0 Å². The van der Waals surface area contributed by atoms with E-state index in [-0.39, 0.29) is 12.5 Å². The number of nitrogens with zero attached hydrogens (tertiary/aromatic N) is 1. The van der Waals surface area contributed by atoms with Crippen molar-refractivity contribution in [1.29, 1.82) is 0 Å². The van der Waals surface area contributed by atoms with E-state index in [9.17, 15) is 9.18 Å². The third-order valence-electron chi connectivity index (χ3n) is 3.59. The third kappa shape index (κ3) is 4.78. The molecule has 1 heterocycles. The van der Waals surface area contributed by atoms with Gasteiger partial charge in [-0.15, -0.1) is 0 Å². The van der Waals surface area contributed by atoms with Crippen molar-refractivity contribution < 1.29 is 13.9 Å². The van der Waals surface area contributed by atoms with E-state index >= 15 is 0 Å². The second-order valence-electron chi connectivity index (χ2n) is 6.02. The summed E-state index contributed by atoms with van der Waals surface area (Å²) in [4.78, 5) is 16.3. The highest BCUT2D eigenvalue weighted by molar-refractivity contribution is 5.94. The Balaban J connectivity index is 2.04. The summed E-state index contributed by atoms with van der Waals surface area (Å²) in [5.74, 6) is 0.571. The number of benzene rings is 1. The largest absolute Gasteiger partial charge is 0.490 e. The topological polar surface area (TPSA) is 51.2 Å². The highest BCUT2D eigenvalue weighted by Gasteiger charge is 2.10. The molecule has 24 heavy (non-hydrogen) atoms. The van der Waals surface area contributed by atoms with Crippen molar-refractivity contribution in [2.24, 2.45) is 0 Å². The number of ether oxygens (including phenoxy) is 1. The summed E-state index contributed by atoms with van der Waals surface area (Å²) >= 11 is 0. The lowest BCUT2D eigenvalue weighted by Crippen LogP contribution is -2.23. The molecule has 1 aromatic carbocycles. The molecule has 128 valence electrons. The van der Waals surface area contributed by atoms with Crippen LogP contribution in [0.15, 0.2) is 30.5 Å². The molecule has 0 aliphatic carbocycles. The van der Waals surface area contributed by atoms with Crippen LogP contribution in [0, 0.1) is 20.8 Å². The monoisotopic (exact) mass is 330 g/mol. The minimum absolute atomic E-state index is 0.0408. The number of pyridine rings is 1. The minimum Gasteiger partial charge on any atom is -0.490 e. The van der Waals surface area contributed by atoms with Gasteiger partial charge in [-0.2, -0.15) is 0 Å². The van der Waals surface area contributed by atoms with Gasteiger partial charge >= 0.3 is 0 Å². The van der Waals surface area contributed by atoms with Crippen molar-refractivity contribution in [1.82, 2.24) is 10.3 Å². The molecule has 0 aliphatic heterocycles. The molecular weight excluding hydrogens is 307 g/mol. The summed E-state index contributed by atoms with van der Waals surface area (Å²) in [6.45, 7) is 7.61.